The van der Waals surface area contributed by atoms with Gasteiger partial charge >= 0.3 is 0 Å². The molecule has 3 heterocycles. The molecule has 2 aliphatic rings. The predicted octanol–water partition coefficient (Wildman–Crippen LogP) is 3.23. The zero-order chi connectivity index (χ0) is 22.0. The fraction of sp³-hybridized carbons (Fsp3) is 0.381. The molecule has 0 radical (unpaired) electrons. The molecule has 1 fully saturated rings. The molecule has 0 aliphatic carbocycles. The van der Waals surface area contributed by atoms with Gasteiger partial charge in [0.25, 0.3) is 0 Å². The number of piperidine rings is 1. The smallest absolute Gasteiger partial charge is 0.245 e. The Morgan fingerprint density at radius 2 is 2.03 bits per heavy atom. The third-order valence-corrected chi connectivity index (χ3v) is 5.78. The fourth-order valence-corrected chi connectivity index (χ4v) is 4.32. The Bertz CT molecular complexity index is 984. The molecule has 3 N–H and O–H groups in total. The summed E-state index contributed by atoms with van der Waals surface area (Å²) < 4.78 is 28.1. The molecule has 164 valence electrons. The highest BCUT2D eigenvalue weighted by molar-refractivity contribution is 6.30. The van der Waals surface area contributed by atoms with Gasteiger partial charge in [-0.3, -0.25) is 4.79 Å². The van der Waals surface area contributed by atoms with Crippen molar-refractivity contribution in [2.45, 2.75) is 31.3 Å². The quantitative estimate of drug-likeness (QED) is 0.698. The molecule has 0 unspecified atom stereocenters. The number of nitrogen functional groups attached to an aromatic ring is 1. The summed E-state index contributed by atoms with van der Waals surface area (Å²) in [5, 5.41) is 3.36. The van der Waals surface area contributed by atoms with Crippen LogP contribution in [0.15, 0.2) is 36.7 Å². The largest absolute Gasteiger partial charge is 0.381 e. The van der Waals surface area contributed by atoms with Gasteiger partial charge in [0.15, 0.2) is 11.6 Å². The van der Waals surface area contributed by atoms with Crippen molar-refractivity contribution in [3.63, 3.8) is 0 Å². The van der Waals surface area contributed by atoms with Gasteiger partial charge < -0.3 is 20.9 Å². The monoisotopic (exact) mass is 448 g/mol. The lowest BCUT2D eigenvalue weighted by Gasteiger charge is -2.40. The Hall–Kier alpha value is -2.94. The van der Waals surface area contributed by atoms with Crippen LogP contribution in [0.5, 0.6) is 0 Å². The highest BCUT2D eigenvalue weighted by atomic mass is 35.5. The highest BCUT2D eigenvalue weighted by Crippen LogP contribution is 2.27. The molecule has 1 aromatic heterocycles. The summed E-state index contributed by atoms with van der Waals surface area (Å²) in [5.41, 5.74) is 6.04. The molecular weight excluding hydrogens is 426 g/mol. The van der Waals surface area contributed by atoms with Crippen molar-refractivity contribution >= 4 is 34.8 Å². The highest BCUT2D eigenvalue weighted by Gasteiger charge is 2.34. The maximum Gasteiger partial charge on any atom is 0.245 e. The first kappa shape index (κ1) is 21.3. The predicted molar refractivity (Wildman–Crippen MR) is 116 cm³/mol. The average molecular weight is 449 g/mol. The van der Waals surface area contributed by atoms with Crippen LogP contribution in [0.3, 0.4) is 0 Å². The lowest BCUT2D eigenvalue weighted by atomic mass is 10.0. The number of benzene rings is 1. The van der Waals surface area contributed by atoms with E-state index < -0.39 is 17.7 Å². The van der Waals surface area contributed by atoms with E-state index in [0.29, 0.717) is 31.7 Å². The molecule has 2 aliphatic heterocycles. The molecule has 2 atom stereocenters. The molecule has 10 heteroatoms. The van der Waals surface area contributed by atoms with Crippen LogP contribution in [0.1, 0.15) is 19.3 Å². The summed E-state index contributed by atoms with van der Waals surface area (Å²) in [6.07, 6.45) is 7.15. The van der Waals surface area contributed by atoms with Gasteiger partial charge in [-0.2, -0.15) is 4.39 Å². The lowest BCUT2D eigenvalue weighted by Crippen LogP contribution is -2.53. The molecule has 1 saturated heterocycles. The maximum absolute atomic E-state index is 14.4. The normalized spacial score (nSPS) is 21.8. The number of hydrogen-bond donors (Lipinski definition) is 2. The standard InChI is InChI=1S/C21H23ClF2N6O/c22-13-8-14(23)10-15(9-13)28-17-5-1-2-7-30(21(17)31)16-4-3-6-29(11-16)20-18(24)19(25)26-12-27-20/h1-2,8-10,12,16-17,28H,3-7,11H2,(H2,25,26,27)/t16-,17-/m1/s1. The summed E-state index contributed by atoms with van der Waals surface area (Å²) in [6.45, 7) is 1.50. The van der Waals surface area contributed by atoms with Crippen LogP contribution in [0.25, 0.3) is 0 Å². The van der Waals surface area contributed by atoms with Crippen molar-refractivity contribution in [3.05, 3.63) is 53.3 Å². The minimum atomic E-state index is -0.646. The minimum Gasteiger partial charge on any atom is -0.381 e. The van der Waals surface area contributed by atoms with E-state index in [-0.39, 0.29) is 28.6 Å². The molecule has 2 aromatic rings. The molecule has 1 aromatic carbocycles. The van der Waals surface area contributed by atoms with Crippen molar-refractivity contribution in [1.82, 2.24) is 14.9 Å². The number of carbonyl (C=O) groups is 1. The van der Waals surface area contributed by atoms with Gasteiger partial charge in [0.05, 0.1) is 0 Å². The van der Waals surface area contributed by atoms with Gasteiger partial charge in [0.2, 0.25) is 11.7 Å². The first-order valence-electron chi connectivity index (χ1n) is 10.1. The van der Waals surface area contributed by atoms with Gasteiger partial charge in [-0.1, -0.05) is 23.8 Å². The number of rotatable bonds is 4. The van der Waals surface area contributed by atoms with E-state index in [4.69, 9.17) is 17.3 Å². The van der Waals surface area contributed by atoms with Crippen LogP contribution in [0.4, 0.5) is 26.1 Å². The Morgan fingerprint density at radius 3 is 2.84 bits per heavy atom. The van der Waals surface area contributed by atoms with Crippen LogP contribution in [0, 0.1) is 11.6 Å². The molecule has 0 spiro atoms. The number of nitrogens with two attached hydrogens (primary N) is 1. The number of anilines is 3. The minimum absolute atomic E-state index is 0.0973. The molecule has 0 saturated carbocycles. The molecule has 7 nitrogen and oxygen atoms in total. The maximum atomic E-state index is 14.4. The van der Waals surface area contributed by atoms with Crippen LogP contribution in [0.2, 0.25) is 5.02 Å². The fourth-order valence-electron chi connectivity index (χ4n) is 4.10. The van der Waals surface area contributed by atoms with Crippen LogP contribution in [-0.4, -0.2) is 52.5 Å². The Labute approximate surface area is 183 Å². The third-order valence-electron chi connectivity index (χ3n) is 5.56. The lowest BCUT2D eigenvalue weighted by molar-refractivity contribution is -0.133. The average Bonchev–Trinajstić information content (AvgIpc) is 2.91. The molecule has 0 bridgehead atoms. The molecule has 4 rings (SSSR count). The van der Waals surface area contributed by atoms with Crippen molar-refractivity contribution in [1.29, 1.82) is 0 Å². The SMILES string of the molecule is Nc1ncnc(N2CCC[C@@H](N3CC=CC[C@@H](Nc4cc(F)cc(Cl)c4)C3=O)C2)c1F. The second-order valence-electron chi connectivity index (χ2n) is 7.69. The number of carbonyl (C=O) groups excluding carboxylic acids is 1. The number of halogens is 3. The molecule has 31 heavy (non-hydrogen) atoms. The van der Waals surface area contributed by atoms with E-state index in [1.807, 2.05) is 12.2 Å². The second kappa shape index (κ2) is 9.05. The third kappa shape index (κ3) is 4.71. The first-order chi connectivity index (χ1) is 14.9. The van der Waals surface area contributed by atoms with Crippen LogP contribution < -0.4 is 16.0 Å². The van der Waals surface area contributed by atoms with E-state index >= 15 is 0 Å². The number of nitrogens with one attached hydrogen (secondary N) is 1. The number of amides is 1. The Kier molecular flexibility index (Phi) is 6.22. The van der Waals surface area contributed by atoms with Crippen LogP contribution >= 0.6 is 11.6 Å². The van der Waals surface area contributed by atoms with Crippen molar-refractivity contribution in [2.24, 2.45) is 0 Å². The summed E-state index contributed by atoms with van der Waals surface area (Å²) in [7, 11) is 0. The Balaban J connectivity index is 1.51. The van der Waals surface area contributed by atoms with E-state index in [2.05, 4.69) is 15.3 Å². The topological polar surface area (TPSA) is 87.4 Å². The summed E-state index contributed by atoms with van der Waals surface area (Å²) in [4.78, 5) is 24.7. The number of aromatic nitrogens is 2. The zero-order valence-electron chi connectivity index (χ0n) is 16.8. The van der Waals surface area contributed by atoms with E-state index in [1.54, 1.807) is 15.9 Å². The summed E-state index contributed by atoms with van der Waals surface area (Å²) >= 11 is 5.94. The van der Waals surface area contributed by atoms with Gasteiger partial charge in [-0.15, -0.1) is 0 Å². The second-order valence-corrected chi connectivity index (χ2v) is 8.13. The molecular formula is C21H23ClF2N6O. The van der Waals surface area contributed by atoms with Gasteiger partial charge in [0, 0.05) is 36.4 Å². The van der Waals surface area contributed by atoms with Crippen molar-refractivity contribution in [3.8, 4) is 0 Å². The van der Waals surface area contributed by atoms with E-state index in [9.17, 15) is 13.6 Å². The number of nitrogens with zero attached hydrogens (tertiary/aromatic N) is 4. The van der Waals surface area contributed by atoms with E-state index in [0.717, 1.165) is 12.8 Å². The number of hydrogen-bond acceptors (Lipinski definition) is 6. The van der Waals surface area contributed by atoms with Crippen molar-refractivity contribution < 1.29 is 13.6 Å². The summed E-state index contributed by atoms with van der Waals surface area (Å²) in [5.74, 6) is -1.26. The van der Waals surface area contributed by atoms with Gasteiger partial charge in [0.1, 0.15) is 18.2 Å². The molecule has 1 amide bonds. The zero-order valence-corrected chi connectivity index (χ0v) is 17.5. The van der Waals surface area contributed by atoms with Crippen LogP contribution in [-0.2, 0) is 4.79 Å². The van der Waals surface area contributed by atoms with Crippen molar-refractivity contribution in [2.75, 3.05) is 35.6 Å². The van der Waals surface area contributed by atoms with Gasteiger partial charge in [-0.05, 0) is 37.5 Å². The van der Waals surface area contributed by atoms with E-state index in [1.165, 1.54) is 18.5 Å². The summed E-state index contributed by atoms with van der Waals surface area (Å²) in [6, 6.07) is 3.42. The van der Waals surface area contributed by atoms with Gasteiger partial charge in [-0.25, -0.2) is 14.4 Å². The first-order valence-corrected chi connectivity index (χ1v) is 10.5. The Morgan fingerprint density at radius 1 is 1.19 bits per heavy atom.